The SMILES string of the molecule is C1C2CC3CC1CC(CC1CO1)(C2)C3.CS(=O)(=O)C(F)(F)CO.CS(=O)(=O)C(F)(F)COCC(O)CC12CC3CC(CC(C3)C1)C2.O=S(=O)(O)O. The maximum absolute atomic E-state index is 13.3. The first-order chi connectivity index (χ1) is 23.2. The Hall–Kier alpha value is -0.670. The molecule has 51 heavy (non-hydrogen) atoms. The van der Waals surface area contributed by atoms with Gasteiger partial charge >= 0.3 is 20.9 Å². The maximum Gasteiger partial charge on any atom is 0.394 e. The molecule has 8 aliphatic carbocycles. The second-order valence-corrected chi connectivity index (χ2v) is 22.0. The average Bonchev–Trinajstić information content (AvgIpc) is 3.73. The second-order valence-electron chi connectivity index (χ2n) is 16.8. The van der Waals surface area contributed by atoms with Crippen molar-refractivity contribution < 1.29 is 71.6 Å². The van der Waals surface area contributed by atoms with Gasteiger partial charge in [0.1, 0.15) is 13.2 Å². The fraction of sp³-hybridized carbons (Fsp3) is 1.00. The van der Waals surface area contributed by atoms with Crippen molar-refractivity contribution in [1.82, 2.24) is 0 Å². The standard InChI is InChI=1S/C16H26F2O4S.C13H20O.C3H6F2O3S.H2O4S/c1-23(20,21)16(17,18)10-22-9-14(19)8-15-5-11-2-12(6-15)4-13(3-11)7-15;1-9-2-11-3-10(1)5-13(4-9,6-11)7-12-8-14-12;1-9(7,8)3(4,5)2-6;1-5(2,3)4/h11-14,19H,2-10H2,1H3;9-12H,1-8H2;6H,2H2,1H3;(H2,1,2,3,4). The Morgan fingerprint density at radius 2 is 1.04 bits per heavy atom. The highest BCUT2D eigenvalue weighted by Crippen LogP contribution is 2.63. The van der Waals surface area contributed by atoms with Crippen molar-refractivity contribution in [2.24, 2.45) is 46.3 Å². The van der Waals surface area contributed by atoms with Crippen LogP contribution < -0.4 is 0 Å². The predicted octanol–water partition coefficient (Wildman–Crippen LogP) is 4.56. The van der Waals surface area contributed by atoms with Crippen molar-refractivity contribution in [1.29, 1.82) is 0 Å². The van der Waals surface area contributed by atoms with E-state index in [2.05, 4.69) is 0 Å². The zero-order chi connectivity index (χ0) is 38.3. The molecule has 12 nitrogen and oxygen atoms in total. The number of alkyl halides is 4. The van der Waals surface area contributed by atoms with Crippen LogP contribution in [0.3, 0.4) is 0 Å². The van der Waals surface area contributed by atoms with Gasteiger partial charge in [-0.3, -0.25) is 9.11 Å². The Morgan fingerprint density at radius 1 is 0.706 bits per heavy atom. The number of rotatable bonds is 11. The summed E-state index contributed by atoms with van der Waals surface area (Å²) in [5.74, 6) is 5.64. The molecule has 0 spiro atoms. The summed E-state index contributed by atoms with van der Waals surface area (Å²) in [5, 5.41) is 10.1. The molecular weight excluding hydrogens is 749 g/mol. The highest BCUT2D eigenvalue weighted by Gasteiger charge is 2.53. The fourth-order valence-electron chi connectivity index (χ4n) is 10.8. The summed E-state index contributed by atoms with van der Waals surface area (Å²) in [6, 6.07) is 0. The highest BCUT2D eigenvalue weighted by atomic mass is 32.3. The largest absolute Gasteiger partial charge is 0.394 e. The summed E-state index contributed by atoms with van der Waals surface area (Å²) < 4.78 is 134. The molecule has 2 unspecified atom stereocenters. The van der Waals surface area contributed by atoms with Crippen LogP contribution in [0.25, 0.3) is 0 Å². The highest BCUT2D eigenvalue weighted by molar-refractivity contribution is 7.92. The lowest BCUT2D eigenvalue weighted by atomic mass is 9.48. The van der Waals surface area contributed by atoms with E-state index in [0.29, 0.717) is 25.0 Å². The van der Waals surface area contributed by atoms with Crippen molar-refractivity contribution >= 4 is 30.1 Å². The maximum atomic E-state index is 13.3. The summed E-state index contributed by atoms with van der Waals surface area (Å²) in [6.45, 7) is -2.01. The third-order valence-corrected chi connectivity index (χ3v) is 14.3. The van der Waals surface area contributed by atoms with Crippen molar-refractivity contribution in [3.63, 3.8) is 0 Å². The third kappa shape index (κ3) is 12.4. The van der Waals surface area contributed by atoms with Crippen LogP contribution >= 0.6 is 0 Å². The first-order valence-electron chi connectivity index (χ1n) is 17.5. The van der Waals surface area contributed by atoms with E-state index in [1.165, 1.54) is 25.7 Å². The van der Waals surface area contributed by atoms with Gasteiger partial charge in [-0.1, -0.05) is 0 Å². The van der Waals surface area contributed by atoms with Gasteiger partial charge in [-0.15, -0.1) is 0 Å². The normalized spacial score (nSPS) is 36.9. The lowest BCUT2D eigenvalue weighted by Gasteiger charge is -2.57. The van der Waals surface area contributed by atoms with E-state index in [4.69, 9.17) is 32.1 Å². The Bertz CT molecular complexity index is 1430. The number of epoxide rings is 1. The van der Waals surface area contributed by atoms with Crippen molar-refractivity contribution in [3.8, 4) is 0 Å². The number of halogens is 4. The summed E-state index contributed by atoms with van der Waals surface area (Å²) in [5.41, 5.74) is 0.910. The Balaban J connectivity index is 0.000000176. The molecule has 1 saturated heterocycles. The molecule has 2 atom stereocenters. The molecule has 0 aromatic rings. The van der Waals surface area contributed by atoms with Crippen molar-refractivity contribution in [2.45, 2.75) is 113 Å². The van der Waals surface area contributed by atoms with Crippen LogP contribution in [0.15, 0.2) is 0 Å². The van der Waals surface area contributed by atoms with E-state index in [0.717, 1.165) is 66.8 Å². The smallest absolute Gasteiger partial charge is 0.391 e. The van der Waals surface area contributed by atoms with Crippen LogP contribution in [0.5, 0.6) is 0 Å². The van der Waals surface area contributed by atoms with E-state index in [1.54, 1.807) is 38.5 Å². The minimum Gasteiger partial charge on any atom is -0.391 e. The molecule has 1 aliphatic heterocycles. The predicted molar refractivity (Wildman–Crippen MR) is 178 cm³/mol. The fourth-order valence-corrected chi connectivity index (χ4v) is 11.4. The summed E-state index contributed by atoms with van der Waals surface area (Å²) >= 11 is 0. The molecule has 0 aromatic heterocycles. The van der Waals surface area contributed by atoms with Gasteiger partial charge in [0.05, 0.1) is 25.4 Å². The molecule has 9 aliphatic rings. The lowest BCUT2D eigenvalue weighted by molar-refractivity contribution is -0.0944. The van der Waals surface area contributed by atoms with Gasteiger partial charge in [-0.05, 0) is 136 Å². The van der Waals surface area contributed by atoms with Gasteiger partial charge in [0.2, 0.25) is 19.7 Å². The first-order valence-corrected chi connectivity index (χ1v) is 22.7. The molecule has 4 N–H and O–H groups in total. The minimum absolute atomic E-state index is 0.150. The summed E-state index contributed by atoms with van der Waals surface area (Å²) in [7, 11) is -13.6. The number of aliphatic hydroxyl groups excluding tert-OH is 2. The molecule has 1 heterocycles. The average molecular weight is 803 g/mol. The van der Waals surface area contributed by atoms with Crippen LogP contribution in [-0.2, 0) is 39.5 Å². The van der Waals surface area contributed by atoms with E-state index >= 15 is 0 Å². The Morgan fingerprint density at radius 3 is 1.31 bits per heavy atom. The number of aliphatic hydroxyl groups is 2. The zero-order valence-corrected chi connectivity index (χ0v) is 31.6. The third-order valence-electron chi connectivity index (χ3n) is 11.9. The first kappa shape index (κ1) is 43.1. The van der Waals surface area contributed by atoms with Crippen molar-refractivity contribution in [3.05, 3.63) is 0 Å². The zero-order valence-electron chi connectivity index (χ0n) is 29.1. The van der Waals surface area contributed by atoms with Gasteiger partial charge in [0.15, 0.2) is 0 Å². The molecule has 0 radical (unpaired) electrons. The Kier molecular flexibility index (Phi) is 13.4. The van der Waals surface area contributed by atoms with E-state index in [9.17, 15) is 39.5 Å². The molecule has 9 rings (SSSR count). The van der Waals surface area contributed by atoms with Crippen LogP contribution in [0, 0.1) is 46.3 Å². The number of sulfone groups is 2. The molecule has 8 saturated carbocycles. The Labute approximate surface area is 298 Å². The number of hydrogen-bond acceptors (Lipinski definition) is 10. The van der Waals surface area contributed by atoms with E-state index in [-0.39, 0.29) is 12.0 Å². The number of hydrogen-bond donors (Lipinski definition) is 4. The summed E-state index contributed by atoms with van der Waals surface area (Å²) in [4.78, 5) is 0. The van der Waals surface area contributed by atoms with Gasteiger partial charge in [-0.25, -0.2) is 16.8 Å². The summed E-state index contributed by atoms with van der Waals surface area (Å²) in [6.07, 6.45) is 19.4. The van der Waals surface area contributed by atoms with Gasteiger partial charge < -0.3 is 19.7 Å². The molecule has 9 fully saturated rings. The molecule has 8 bridgehead atoms. The lowest BCUT2D eigenvalue weighted by Crippen LogP contribution is -2.47. The monoisotopic (exact) mass is 802 g/mol. The van der Waals surface area contributed by atoms with Gasteiger partial charge in [0, 0.05) is 12.5 Å². The molecule has 0 amide bonds. The van der Waals surface area contributed by atoms with Gasteiger partial charge in [0.25, 0.3) is 0 Å². The van der Waals surface area contributed by atoms with E-state index in [1.807, 2.05) is 0 Å². The molecule has 19 heteroatoms. The quantitative estimate of drug-likeness (QED) is 0.129. The van der Waals surface area contributed by atoms with Gasteiger partial charge in [-0.2, -0.15) is 26.0 Å². The molecule has 300 valence electrons. The molecule has 0 aromatic carbocycles. The van der Waals surface area contributed by atoms with E-state index < -0.39 is 59.9 Å². The minimum atomic E-state index is -4.67. The van der Waals surface area contributed by atoms with Crippen LogP contribution in [0.1, 0.15) is 89.9 Å². The van der Waals surface area contributed by atoms with Crippen molar-refractivity contribution in [2.75, 3.05) is 38.9 Å². The number of ether oxygens (including phenoxy) is 2. The van der Waals surface area contributed by atoms with Crippen LogP contribution in [-0.4, -0.2) is 106 Å². The second kappa shape index (κ2) is 15.8. The van der Waals surface area contributed by atoms with Crippen LogP contribution in [0.2, 0.25) is 0 Å². The topological polar surface area (TPSA) is 205 Å². The molecular formula is C32H54F4O12S3. The van der Waals surface area contributed by atoms with Crippen LogP contribution in [0.4, 0.5) is 17.6 Å².